The first-order chi connectivity index (χ1) is 16.0. The van der Waals surface area contributed by atoms with Crippen molar-refractivity contribution in [1.82, 2.24) is 0 Å². The number of unbranched alkanes of at least 4 members (excludes halogenated alkanes) is 1. The maximum absolute atomic E-state index is 14.2. The summed E-state index contributed by atoms with van der Waals surface area (Å²) in [6, 6.07) is 6.93. The second-order valence-electron chi connectivity index (χ2n) is 8.17. The van der Waals surface area contributed by atoms with Crippen molar-refractivity contribution < 1.29 is 37.0 Å². The molecule has 1 aromatic carbocycles. The number of esters is 1. The lowest BCUT2D eigenvalue weighted by Gasteiger charge is -2.38. The molecule has 1 rings (SSSR count). The highest BCUT2D eigenvalue weighted by Crippen LogP contribution is 2.45. The minimum Gasteiger partial charge on any atom is -0.469 e. The van der Waals surface area contributed by atoms with Crippen LogP contribution in [0, 0.1) is 5.92 Å². The van der Waals surface area contributed by atoms with E-state index in [9.17, 15) is 22.8 Å². The molecule has 0 aliphatic rings. The Hall–Kier alpha value is -2.45. The van der Waals surface area contributed by atoms with Gasteiger partial charge < -0.3 is 14.2 Å². The maximum Gasteiger partial charge on any atom is 0.448 e. The molecule has 1 aromatic rings. The summed E-state index contributed by atoms with van der Waals surface area (Å²) in [4.78, 5) is 24.5. The van der Waals surface area contributed by atoms with Crippen molar-refractivity contribution in [2.24, 2.45) is 5.92 Å². The number of benzene rings is 1. The van der Waals surface area contributed by atoms with Gasteiger partial charge in [0.15, 0.2) is 0 Å². The van der Waals surface area contributed by atoms with E-state index in [-0.39, 0.29) is 24.2 Å². The Morgan fingerprint density at radius 3 is 2.26 bits per heavy atom. The first-order valence-corrected chi connectivity index (χ1v) is 11.2. The van der Waals surface area contributed by atoms with Crippen molar-refractivity contribution in [3.8, 4) is 0 Å². The number of halogens is 3. The molecular formula is C26H35F3O5. The van der Waals surface area contributed by atoms with Crippen LogP contribution in [0.5, 0.6) is 0 Å². The lowest BCUT2D eigenvalue weighted by atomic mass is 9.93. The summed E-state index contributed by atoms with van der Waals surface area (Å²) in [6.07, 6.45) is 0.829. The lowest BCUT2D eigenvalue weighted by molar-refractivity contribution is -0.398. The van der Waals surface area contributed by atoms with Gasteiger partial charge in [-0.3, -0.25) is 9.59 Å². The van der Waals surface area contributed by atoms with Gasteiger partial charge >= 0.3 is 12.1 Å². The number of ether oxygens (including phenoxy) is 3. The molecule has 0 bridgehead atoms. The van der Waals surface area contributed by atoms with Crippen LogP contribution in [0.3, 0.4) is 0 Å². The van der Waals surface area contributed by atoms with Crippen LogP contribution in [0.1, 0.15) is 58.4 Å². The molecule has 0 heterocycles. The molecule has 5 nitrogen and oxygen atoms in total. The summed E-state index contributed by atoms with van der Waals surface area (Å²) in [5.74, 6) is -4.64. The Morgan fingerprint density at radius 1 is 1.09 bits per heavy atom. The number of ketones is 1. The van der Waals surface area contributed by atoms with Gasteiger partial charge in [0.25, 0.3) is 5.79 Å². The summed E-state index contributed by atoms with van der Waals surface area (Å²) in [5.41, 5.74) is 0.856. The number of hydrogen-bond donors (Lipinski definition) is 0. The molecule has 190 valence electrons. The Morgan fingerprint density at radius 2 is 1.74 bits per heavy atom. The van der Waals surface area contributed by atoms with Gasteiger partial charge in [0.05, 0.1) is 19.6 Å². The zero-order chi connectivity index (χ0) is 25.8. The summed E-state index contributed by atoms with van der Waals surface area (Å²) < 4.78 is 57.8. The molecule has 8 heteroatoms. The largest absolute Gasteiger partial charge is 0.469 e. The van der Waals surface area contributed by atoms with Crippen LogP contribution in [0.2, 0.25) is 0 Å². The van der Waals surface area contributed by atoms with Gasteiger partial charge in [-0.2, -0.15) is 13.2 Å². The highest BCUT2D eigenvalue weighted by Gasteiger charge is 2.60. The minimum absolute atomic E-state index is 0.0360. The molecule has 0 aliphatic carbocycles. The fourth-order valence-electron chi connectivity index (χ4n) is 3.43. The van der Waals surface area contributed by atoms with E-state index >= 15 is 0 Å². The zero-order valence-corrected chi connectivity index (χ0v) is 20.5. The van der Waals surface area contributed by atoms with Crippen LogP contribution in [-0.2, 0) is 29.6 Å². The number of hydrogen-bond acceptors (Lipinski definition) is 5. The normalized spacial score (nSPS) is 16.2. The molecule has 0 N–H and O–H groups in total. The van der Waals surface area contributed by atoms with Crippen LogP contribution >= 0.6 is 0 Å². The zero-order valence-electron chi connectivity index (χ0n) is 20.5. The third kappa shape index (κ3) is 8.72. The number of methoxy groups -OCH3 is 2. The van der Waals surface area contributed by atoms with E-state index in [1.807, 2.05) is 32.1 Å². The van der Waals surface area contributed by atoms with Crippen molar-refractivity contribution in [3.63, 3.8) is 0 Å². The third-order valence-corrected chi connectivity index (χ3v) is 5.57. The second-order valence-corrected chi connectivity index (χ2v) is 8.17. The van der Waals surface area contributed by atoms with Crippen LogP contribution < -0.4 is 0 Å². The monoisotopic (exact) mass is 484 g/mol. The molecule has 0 aliphatic heterocycles. The van der Waals surface area contributed by atoms with E-state index in [0.29, 0.717) is 12.8 Å². The van der Waals surface area contributed by atoms with E-state index in [1.54, 1.807) is 13.0 Å². The van der Waals surface area contributed by atoms with Crippen LogP contribution in [-0.4, -0.2) is 38.3 Å². The number of alkyl halides is 3. The molecule has 0 fully saturated rings. The van der Waals surface area contributed by atoms with Gasteiger partial charge in [0.1, 0.15) is 5.78 Å². The van der Waals surface area contributed by atoms with Crippen LogP contribution in [0.4, 0.5) is 13.2 Å². The van der Waals surface area contributed by atoms with Crippen LogP contribution in [0.25, 0.3) is 0 Å². The van der Waals surface area contributed by atoms with Gasteiger partial charge in [-0.05, 0) is 32.6 Å². The van der Waals surface area contributed by atoms with Crippen molar-refractivity contribution >= 4 is 11.8 Å². The summed E-state index contributed by atoms with van der Waals surface area (Å²) in [6.45, 7) is 5.50. The van der Waals surface area contributed by atoms with E-state index in [1.165, 1.54) is 24.3 Å². The molecule has 0 spiro atoms. The molecule has 0 amide bonds. The first-order valence-electron chi connectivity index (χ1n) is 11.2. The Labute approximate surface area is 200 Å². The summed E-state index contributed by atoms with van der Waals surface area (Å²) >= 11 is 0. The number of rotatable bonds is 14. The Kier molecular flexibility index (Phi) is 12.2. The molecule has 0 aromatic heterocycles. The Balaban J connectivity index is 3.02. The average molecular weight is 485 g/mol. The van der Waals surface area contributed by atoms with E-state index < -0.39 is 36.4 Å². The van der Waals surface area contributed by atoms with Gasteiger partial charge in [0, 0.05) is 25.5 Å². The summed E-state index contributed by atoms with van der Waals surface area (Å²) in [5, 5.41) is 0. The second kappa shape index (κ2) is 14.1. The van der Waals surface area contributed by atoms with E-state index in [2.05, 4.69) is 4.74 Å². The molecule has 0 radical (unpaired) electrons. The standard InChI is InChI=1S/C26H35F3O5/c1-6-19(2)13-9-7-12-16-22(30)17-20(3)23(18-24(31)32-4)34-25(33-5,26(27,28)29)21-14-10-8-11-15-21/h6,8-11,13-15,20,23H,7,12,16-18H2,1-5H3/b13-9+,19-6+/t20-,23-,25-/m0/s1. The number of Topliss-reactive ketones (excluding diaryl/α,β-unsaturated/α-hetero) is 1. The smallest absolute Gasteiger partial charge is 0.448 e. The fourth-order valence-corrected chi connectivity index (χ4v) is 3.43. The van der Waals surface area contributed by atoms with Gasteiger partial charge in [0.2, 0.25) is 0 Å². The highest BCUT2D eigenvalue weighted by atomic mass is 19.4. The van der Waals surface area contributed by atoms with Crippen molar-refractivity contribution in [3.05, 3.63) is 59.7 Å². The van der Waals surface area contributed by atoms with Crippen LogP contribution in [0.15, 0.2) is 54.1 Å². The van der Waals surface area contributed by atoms with Crippen molar-refractivity contribution in [1.29, 1.82) is 0 Å². The van der Waals surface area contributed by atoms with E-state index in [4.69, 9.17) is 9.47 Å². The summed E-state index contributed by atoms with van der Waals surface area (Å²) in [7, 11) is 2.04. The van der Waals surface area contributed by atoms with Crippen molar-refractivity contribution in [2.45, 2.75) is 70.9 Å². The molecule has 0 saturated heterocycles. The van der Waals surface area contributed by atoms with Gasteiger partial charge in [-0.25, -0.2) is 0 Å². The third-order valence-electron chi connectivity index (χ3n) is 5.57. The topological polar surface area (TPSA) is 61.8 Å². The predicted molar refractivity (Wildman–Crippen MR) is 124 cm³/mol. The van der Waals surface area contributed by atoms with E-state index in [0.717, 1.165) is 19.8 Å². The number of allylic oxidation sites excluding steroid dienone is 4. The maximum atomic E-state index is 14.2. The quantitative estimate of drug-likeness (QED) is 0.135. The Bertz CT molecular complexity index is 833. The average Bonchev–Trinajstić information content (AvgIpc) is 2.80. The molecule has 0 unspecified atom stereocenters. The van der Waals surface area contributed by atoms with Gasteiger partial charge in [-0.15, -0.1) is 0 Å². The molecule has 0 saturated carbocycles. The molecule has 3 atom stereocenters. The lowest BCUT2D eigenvalue weighted by Crippen LogP contribution is -2.50. The SMILES string of the molecule is C/C=C(C)/C=C/CCCC(=O)C[C@H](C)[C@H](CC(=O)OC)O[C@@](OC)(c1ccccc1)C(F)(F)F. The van der Waals surface area contributed by atoms with Crippen molar-refractivity contribution in [2.75, 3.05) is 14.2 Å². The predicted octanol–water partition coefficient (Wildman–Crippen LogP) is 6.28. The molecular weight excluding hydrogens is 449 g/mol. The molecule has 34 heavy (non-hydrogen) atoms. The van der Waals surface area contributed by atoms with Gasteiger partial charge in [-0.1, -0.05) is 61.1 Å². The fraction of sp³-hybridized carbons (Fsp3) is 0.538. The highest BCUT2D eigenvalue weighted by molar-refractivity contribution is 5.78. The minimum atomic E-state index is -4.95. The number of carbonyl (C=O) groups excluding carboxylic acids is 2. The first kappa shape index (κ1) is 29.6. The number of carbonyl (C=O) groups is 2.